The van der Waals surface area contributed by atoms with E-state index in [1.165, 1.54) is 36.0 Å². The summed E-state index contributed by atoms with van der Waals surface area (Å²) in [6.45, 7) is -0.177. The van der Waals surface area contributed by atoms with Crippen molar-refractivity contribution in [2.24, 2.45) is 0 Å². The Hall–Kier alpha value is -4.73. The average molecular weight is 616 g/mol. The Balaban J connectivity index is 1.35. The lowest BCUT2D eigenvalue weighted by Crippen LogP contribution is -2.58. The number of likely N-dealkylation sites (tertiary alicyclic amines) is 1. The van der Waals surface area contributed by atoms with Crippen molar-refractivity contribution in [3.63, 3.8) is 0 Å². The number of aliphatic carboxylic acids is 1. The van der Waals surface area contributed by atoms with Gasteiger partial charge in [0.1, 0.15) is 31.1 Å². The van der Waals surface area contributed by atoms with E-state index in [9.17, 15) is 28.7 Å². The van der Waals surface area contributed by atoms with Gasteiger partial charge in [0.2, 0.25) is 11.8 Å². The Morgan fingerprint density at radius 3 is 2.18 bits per heavy atom. The average Bonchev–Trinajstić information content (AvgIpc) is 3.34. The minimum Gasteiger partial charge on any atom is -0.480 e. The van der Waals surface area contributed by atoms with Gasteiger partial charge in [-0.1, -0.05) is 73.5 Å². The summed E-state index contributed by atoms with van der Waals surface area (Å²) < 4.78 is 19.5. The summed E-state index contributed by atoms with van der Waals surface area (Å²) in [7, 11) is 2.91. The minimum atomic E-state index is -1.18. The first-order chi connectivity index (χ1) is 21.7. The number of likely N-dealkylation sites (N-methyl/N-ethyl adjacent to an activating group) is 2. The van der Waals surface area contributed by atoms with E-state index in [0.717, 1.165) is 33.6 Å². The maximum Gasteiger partial charge on any atom is 0.410 e. The van der Waals surface area contributed by atoms with E-state index in [2.05, 4.69) is 12.1 Å². The summed E-state index contributed by atoms with van der Waals surface area (Å²) in [6, 6.07) is 19.8. The number of carbonyl (C=O) groups excluding carboxylic acids is 3. The molecular formula is C35H38FN3O6. The molecule has 3 amide bonds. The fraction of sp³-hybridized carbons (Fsp3) is 0.371. The van der Waals surface area contributed by atoms with Gasteiger partial charge in [-0.15, -0.1) is 0 Å². The summed E-state index contributed by atoms with van der Waals surface area (Å²) in [6.07, 6.45) is 1.94. The molecule has 0 spiro atoms. The lowest BCUT2D eigenvalue weighted by atomic mass is 9.97. The highest BCUT2D eigenvalue weighted by Crippen LogP contribution is 2.44. The molecule has 5 rings (SSSR count). The maximum absolute atomic E-state index is 14.2. The largest absolute Gasteiger partial charge is 0.480 e. The highest BCUT2D eigenvalue weighted by Gasteiger charge is 2.39. The van der Waals surface area contributed by atoms with E-state index in [1.807, 2.05) is 36.4 Å². The Morgan fingerprint density at radius 2 is 1.56 bits per heavy atom. The van der Waals surface area contributed by atoms with Gasteiger partial charge in [-0.25, -0.2) is 9.18 Å². The quantitative estimate of drug-likeness (QED) is 0.366. The van der Waals surface area contributed by atoms with E-state index in [0.29, 0.717) is 24.8 Å². The van der Waals surface area contributed by atoms with Crippen LogP contribution in [0.15, 0.2) is 72.8 Å². The molecular weight excluding hydrogens is 577 g/mol. The summed E-state index contributed by atoms with van der Waals surface area (Å²) in [4.78, 5) is 56.6. The monoisotopic (exact) mass is 615 g/mol. The van der Waals surface area contributed by atoms with Crippen molar-refractivity contribution in [1.29, 1.82) is 0 Å². The first-order valence-electron chi connectivity index (χ1n) is 15.2. The van der Waals surface area contributed by atoms with Gasteiger partial charge >= 0.3 is 12.1 Å². The molecule has 1 fully saturated rings. The van der Waals surface area contributed by atoms with Gasteiger partial charge in [-0.05, 0) is 52.8 Å². The standard InChI is InChI=1S/C35H38FN3O6/c1-37(21-32(40)41)33(42)31(20-23-15-17-24(36)18-16-23)39-19-9-3-4-14-30(34(39)43)38(2)35(44)45-22-29-27-12-7-5-10-25(27)26-11-6-8-13-28(26)29/h5-8,10-13,15-18,29-31H,3-4,9,14,19-22H2,1-2H3,(H,40,41)/t30-,31-/m0/s1. The van der Waals surface area contributed by atoms with Crippen molar-refractivity contribution in [2.75, 3.05) is 33.8 Å². The molecule has 1 aliphatic carbocycles. The van der Waals surface area contributed by atoms with Crippen molar-refractivity contribution >= 4 is 23.9 Å². The zero-order valence-electron chi connectivity index (χ0n) is 25.5. The van der Waals surface area contributed by atoms with E-state index in [4.69, 9.17) is 4.74 Å². The van der Waals surface area contributed by atoms with Crippen molar-refractivity contribution in [1.82, 2.24) is 14.7 Å². The fourth-order valence-corrected chi connectivity index (χ4v) is 6.42. The number of carboxylic acid groups (broad SMARTS) is 1. The number of benzene rings is 3. The molecule has 0 unspecified atom stereocenters. The molecule has 2 aliphatic rings. The summed E-state index contributed by atoms with van der Waals surface area (Å²) >= 11 is 0. The Kier molecular flexibility index (Phi) is 9.80. The maximum atomic E-state index is 14.2. The molecule has 3 aromatic carbocycles. The number of rotatable bonds is 9. The van der Waals surface area contributed by atoms with Gasteiger partial charge in [0, 0.05) is 33.0 Å². The topological polar surface area (TPSA) is 107 Å². The Morgan fingerprint density at radius 1 is 0.933 bits per heavy atom. The molecule has 0 radical (unpaired) electrons. The lowest BCUT2D eigenvalue weighted by molar-refractivity contribution is -0.151. The Bertz CT molecular complexity index is 1520. The second kappa shape index (κ2) is 13.9. The van der Waals surface area contributed by atoms with E-state index in [1.54, 1.807) is 12.1 Å². The van der Waals surface area contributed by atoms with Crippen LogP contribution < -0.4 is 0 Å². The third-order valence-corrected chi connectivity index (χ3v) is 8.79. The van der Waals surface area contributed by atoms with Gasteiger partial charge < -0.3 is 19.6 Å². The van der Waals surface area contributed by atoms with Gasteiger partial charge in [-0.2, -0.15) is 0 Å². The van der Waals surface area contributed by atoms with Crippen LogP contribution in [0.3, 0.4) is 0 Å². The number of hydrogen-bond acceptors (Lipinski definition) is 5. The number of halogens is 1. The second-order valence-corrected chi connectivity index (χ2v) is 11.7. The van der Waals surface area contributed by atoms with Crippen LogP contribution in [0.2, 0.25) is 0 Å². The molecule has 0 saturated carbocycles. The molecule has 2 atom stereocenters. The SMILES string of the molecule is CN(CC(=O)O)C(=O)[C@H](Cc1ccc(F)cc1)N1CCCCC[C@H](N(C)C(=O)OCC2c3ccccc3-c3ccccc32)C1=O. The van der Waals surface area contributed by atoms with Crippen molar-refractivity contribution in [3.8, 4) is 11.1 Å². The second-order valence-electron chi connectivity index (χ2n) is 11.7. The zero-order chi connectivity index (χ0) is 32.1. The van der Waals surface area contributed by atoms with Crippen LogP contribution in [0.25, 0.3) is 11.1 Å². The van der Waals surface area contributed by atoms with Crippen LogP contribution in [0.4, 0.5) is 9.18 Å². The zero-order valence-corrected chi connectivity index (χ0v) is 25.5. The smallest absolute Gasteiger partial charge is 0.410 e. The lowest BCUT2D eigenvalue weighted by Gasteiger charge is -2.39. The predicted molar refractivity (Wildman–Crippen MR) is 166 cm³/mol. The van der Waals surface area contributed by atoms with Gasteiger partial charge in [0.15, 0.2) is 0 Å². The number of nitrogens with zero attached hydrogens (tertiary/aromatic N) is 3. The van der Waals surface area contributed by atoms with Gasteiger partial charge in [0.05, 0.1) is 0 Å². The van der Waals surface area contributed by atoms with E-state index < -0.39 is 48.3 Å². The normalized spacial score (nSPS) is 17.0. The molecule has 0 aromatic heterocycles. The van der Waals surface area contributed by atoms with Gasteiger partial charge in [0.25, 0.3) is 0 Å². The molecule has 236 valence electrons. The summed E-state index contributed by atoms with van der Waals surface area (Å²) in [5, 5.41) is 9.32. The molecule has 45 heavy (non-hydrogen) atoms. The highest BCUT2D eigenvalue weighted by molar-refractivity contribution is 5.92. The third kappa shape index (κ3) is 7.00. The first kappa shape index (κ1) is 31.7. The number of carboxylic acids is 1. The number of carbonyl (C=O) groups is 4. The van der Waals surface area contributed by atoms with E-state index >= 15 is 0 Å². The molecule has 3 aromatic rings. The highest BCUT2D eigenvalue weighted by atomic mass is 19.1. The number of hydrogen-bond donors (Lipinski definition) is 1. The van der Waals surface area contributed by atoms with Crippen molar-refractivity contribution < 1.29 is 33.4 Å². The first-order valence-corrected chi connectivity index (χ1v) is 15.2. The van der Waals surface area contributed by atoms with Crippen LogP contribution in [-0.2, 0) is 25.5 Å². The minimum absolute atomic E-state index is 0.0657. The van der Waals surface area contributed by atoms with Crippen LogP contribution in [0, 0.1) is 5.82 Å². The number of fused-ring (bicyclic) bond motifs is 3. The van der Waals surface area contributed by atoms with Crippen LogP contribution in [0.5, 0.6) is 0 Å². The molecule has 0 bridgehead atoms. The van der Waals surface area contributed by atoms with Crippen LogP contribution >= 0.6 is 0 Å². The molecule has 9 nitrogen and oxygen atoms in total. The fourth-order valence-electron chi connectivity index (χ4n) is 6.42. The molecule has 1 heterocycles. The molecule has 1 aliphatic heterocycles. The van der Waals surface area contributed by atoms with Crippen molar-refractivity contribution in [3.05, 3.63) is 95.3 Å². The number of amides is 3. The van der Waals surface area contributed by atoms with Crippen molar-refractivity contribution in [2.45, 2.75) is 50.1 Å². The summed E-state index contributed by atoms with van der Waals surface area (Å²) in [5.41, 5.74) is 5.00. The van der Waals surface area contributed by atoms with Crippen LogP contribution in [-0.4, -0.2) is 89.6 Å². The van der Waals surface area contributed by atoms with E-state index in [-0.39, 0.29) is 25.5 Å². The third-order valence-electron chi connectivity index (χ3n) is 8.79. The molecule has 10 heteroatoms. The summed E-state index contributed by atoms with van der Waals surface area (Å²) in [5.74, 6) is -2.70. The van der Waals surface area contributed by atoms with Crippen LogP contribution in [0.1, 0.15) is 48.3 Å². The molecule has 1 N–H and O–H groups in total. The number of ether oxygens (including phenoxy) is 1. The predicted octanol–water partition coefficient (Wildman–Crippen LogP) is 4.93. The van der Waals surface area contributed by atoms with Gasteiger partial charge in [-0.3, -0.25) is 19.3 Å². The molecule has 1 saturated heterocycles. The Labute approximate surface area is 262 Å².